The number of aryl methyl sites for hydroxylation is 1. The number of nitrogens with one attached hydrogen (secondary N) is 1. The van der Waals surface area contributed by atoms with Crippen LogP contribution in [-0.2, 0) is 6.42 Å². The van der Waals surface area contributed by atoms with Crippen molar-refractivity contribution in [3.8, 4) is 5.75 Å². The number of benzene rings is 3. The predicted octanol–water partition coefficient (Wildman–Crippen LogP) is 6.25. The summed E-state index contributed by atoms with van der Waals surface area (Å²) in [6, 6.07) is 21.8. The molecule has 3 aromatic rings. The summed E-state index contributed by atoms with van der Waals surface area (Å²) in [5, 5.41) is 4.17. The maximum atomic E-state index is 6.06. The first-order valence-electron chi connectivity index (χ1n) is 9.72. The number of nitrogens with zero attached hydrogens (tertiary/aromatic N) is 2. The fourth-order valence-corrected chi connectivity index (χ4v) is 3.27. The van der Waals surface area contributed by atoms with Gasteiger partial charge in [-0.05, 0) is 79.6 Å². The van der Waals surface area contributed by atoms with Gasteiger partial charge in [-0.3, -0.25) is 0 Å². The second kappa shape index (κ2) is 8.50. The van der Waals surface area contributed by atoms with E-state index < -0.39 is 0 Å². The first kappa shape index (κ1) is 19.2. The number of aliphatic imine (C=N–C) groups is 2. The Bertz CT molecular complexity index is 1070. The number of amidine groups is 2. The van der Waals surface area contributed by atoms with Crippen LogP contribution in [-0.4, -0.2) is 18.3 Å². The molecule has 0 radical (unpaired) electrons. The molecular formula is C24H22ClN3O. The van der Waals surface area contributed by atoms with E-state index in [2.05, 4.69) is 24.4 Å². The Morgan fingerprint density at radius 2 is 1.59 bits per heavy atom. The maximum absolute atomic E-state index is 6.06. The average molecular weight is 404 g/mol. The lowest BCUT2D eigenvalue weighted by atomic mass is 10.1. The van der Waals surface area contributed by atoms with Crippen LogP contribution >= 0.6 is 11.6 Å². The van der Waals surface area contributed by atoms with Gasteiger partial charge in [0.2, 0.25) is 0 Å². The Kier molecular flexibility index (Phi) is 5.63. The highest BCUT2D eigenvalue weighted by Crippen LogP contribution is 2.31. The molecule has 0 fully saturated rings. The van der Waals surface area contributed by atoms with Crippen molar-refractivity contribution in [2.75, 3.05) is 11.9 Å². The molecule has 0 aromatic heterocycles. The highest BCUT2D eigenvalue weighted by molar-refractivity contribution is 6.30. The molecule has 5 heteroatoms. The minimum atomic E-state index is 0.638. The summed E-state index contributed by atoms with van der Waals surface area (Å²) in [6.07, 6.45) is 0.957. The summed E-state index contributed by atoms with van der Waals surface area (Å²) in [4.78, 5) is 9.70. The van der Waals surface area contributed by atoms with E-state index in [1.807, 2.05) is 61.5 Å². The zero-order valence-corrected chi connectivity index (χ0v) is 17.2. The summed E-state index contributed by atoms with van der Waals surface area (Å²) in [7, 11) is 0. The van der Waals surface area contributed by atoms with Crippen molar-refractivity contribution in [2.24, 2.45) is 9.98 Å². The third kappa shape index (κ3) is 4.33. The van der Waals surface area contributed by atoms with Gasteiger partial charge in [0.05, 0.1) is 18.0 Å². The first-order valence-corrected chi connectivity index (χ1v) is 10.1. The van der Waals surface area contributed by atoms with Gasteiger partial charge >= 0.3 is 0 Å². The lowest BCUT2D eigenvalue weighted by molar-refractivity contribution is 0.340. The van der Waals surface area contributed by atoms with Gasteiger partial charge in [0.25, 0.3) is 0 Å². The quantitative estimate of drug-likeness (QED) is 0.547. The Labute approximate surface area is 175 Å². The number of ether oxygens (including phenoxy) is 1. The normalized spacial score (nSPS) is 12.9. The van der Waals surface area contributed by atoms with Crippen LogP contribution in [0.2, 0.25) is 5.02 Å². The molecule has 0 spiro atoms. The lowest BCUT2D eigenvalue weighted by Crippen LogP contribution is -2.15. The van der Waals surface area contributed by atoms with Crippen molar-refractivity contribution < 1.29 is 4.74 Å². The standard InChI is InChI=1S/C24H22ClN3O/c1-3-16-5-14-21-22(15-16)27-24(18-8-12-20(13-9-18)29-4-2)28-23(26-21)17-6-10-19(25)11-7-17/h5-15H,3-4H2,1-2H3,(H,26,27,28). The Morgan fingerprint density at radius 3 is 2.28 bits per heavy atom. The Hall–Kier alpha value is -3.11. The zero-order valence-electron chi connectivity index (χ0n) is 16.4. The van der Waals surface area contributed by atoms with Crippen LogP contribution in [0, 0.1) is 0 Å². The van der Waals surface area contributed by atoms with Crippen molar-refractivity contribution in [1.82, 2.24) is 0 Å². The Balaban J connectivity index is 1.81. The molecule has 4 rings (SSSR count). The van der Waals surface area contributed by atoms with Crippen molar-refractivity contribution >= 4 is 34.6 Å². The summed E-state index contributed by atoms with van der Waals surface area (Å²) >= 11 is 6.06. The number of anilines is 1. The van der Waals surface area contributed by atoms with Gasteiger partial charge in [-0.2, -0.15) is 0 Å². The van der Waals surface area contributed by atoms with E-state index in [9.17, 15) is 0 Å². The second-order valence-corrected chi connectivity index (χ2v) is 7.13. The number of hydrogen-bond donors (Lipinski definition) is 1. The van der Waals surface area contributed by atoms with Gasteiger partial charge in [-0.1, -0.05) is 24.6 Å². The van der Waals surface area contributed by atoms with Gasteiger partial charge in [-0.15, -0.1) is 0 Å². The van der Waals surface area contributed by atoms with Crippen molar-refractivity contribution in [3.63, 3.8) is 0 Å². The third-order valence-corrected chi connectivity index (χ3v) is 4.96. The molecule has 146 valence electrons. The first-order chi connectivity index (χ1) is 14.2. The summed E-state index contributed by atoms with van der Waals surface area (Å²) in [5.74, 6) is 2.22. The van der Waals surface area contributed by atoms with Crippen LogP contribution in [0.4, 0.5) is 11.4 Å². The van der Waals surface area contributed by atoms with E-state index in [-0.39, 0.29) is 0 Å². The molecule has 1 N–H and O–H groups in total. The fraction of sp³-hybridized carbons (Fsp3) is 0.167. The number of fused-ring (bicyclic) bond motifs is 1. The van der Waals surface area contributed by atoms with Crippen LogP contribution in [0.1, 0.15) is 30.5 Å². The third-order valence-electron chi connectivity index (χ3n) is 4.71. The summed E-state index contributed by atoms with van der Waals surface area (Å²) in [5.41, 5.74) is 4.92. The second-order valence-electron chi connectivity index (χ2n) is 6.69. The summed E-state index contributed by atoms with van der Waals surface area (Å²) < 4.78 is 5.56. The molecule has 0 amide bonds. The van der Waals surface area contributed by atoms with Crippen molar-refractivity contribution in [3.05, 3.63) is 88.4 Å². The lowest BCUT2D eigenvalue weighted by Gasteiger charge is -2.11. The fourth-order valence-electron chi connectivity index (χ4n) is 3.14. The molecular weight excluding hydrogens is 382 g/mol. The average Bonchev–Trinajstić information content (AvgIpc) is 2.94. The summed E-state index contributed by atoms with van der Waals surface area (Å²) in [6.45, 7) is 4.75. The van der Waals surface area contributed by atoms with E-state index in [4.69, 9.17) is 26.3 Å². The minimum Gasteiger partial charge on any atom is -0.494 e. The van der Waals surface area contributed by atoms with Crippen molar-refractivity contribution in [2.45, 2.75) is 20.3 Å². The number of hydrogen-bond acceptors (Lipinski definition) is 4. The highest BCUT2D eigenvalue weighted by atomic mass is 35.5. The molecule has 0 unspecified atom stereocenters. The molecule has 1 heterocycles. The van der Waals surface area contributed by atoms with E-state index >= 15 is 0 Å². The van der Waals surface area contributed by atoms with Gasteiger partial charge in [0.15, 0.2) is 5.84 Å². The molecule has 29 heavy (non-hydrogen) atoms. The largest absolute Gasteiger partial charge is 0.494 e. The molecule has 3 aromatic carbocycles. The van der Waals surface area contributed by atoms with Crippen LogP contribution in [0.25, 0.3) is 0 Å². The van der Waals surface area contributed by atoms with Crippen LogP contribution in [0.5, 0.6) is 5.75 Å². The van der Waals surface area contributed by atoms with Crippen LogP contribution in [0.15, 0.2) is 76.7 Å². The highest BCUT2D eigenvalue weighted by Gasteiger charge is 2.16. The minimum absolute atomic E-state index is 0.638. The van der Waals surface area contributed by atoms with Gasteiger partial charge in [-0.25, -0.2) is 9.98 Å². The molecule has 0 saturated carbocycles. The maximum Gasteiger partial charge on any atom is 0.162 e. The molecule has 1 aliphatic heterocycles. The molecule has 0 aliphatic carbocycles. The molecule has 0 bridgehead atoms. The Morgan fingerprint density at radius 1 is 0.862 bits per heavy atom. The number of rotatable bonds is 5. The van der Waals surface area contributed by atoms with E-state index in [1.54, 1.807) is 0 Å². The topological polar surface area (TPSA) is 46.0 Å². The monoisotopic (exact) mass is 403 g/mol. The van der Waals surface area contributed by atoms with Gasteiger partial charge in [0, 0.05) is 16.1 Å². The SMILES string of the molecule is CCOc1ccc(C2=NC(c3ccc(Cl)cc3)=Nc3ccc(CC)cc3N2)cc1. The van der Waals surface area contributed by atoms with Gasteiger partial charge < -0.3 is 10.1 Å². The predicted molar refractivity (Wildman–Crippen MR) is 121 cm³/mol. The van der Waals surface area contributed by atoms with Crippen LogP contribution in [0.3, 0.4) is 0 Å². The molecule has 4 nitrogen and oxygen atoms in total. The zero-order chi connectivity index (χ0) is 20.2. The van der Waals surface area contributed by atoms with Gasteiger partial charge in [0.1, 0.15) is 11.6 Å². The van der Waals surface area contributed by atoms with E-state index in [0.717, 1.165) is 40.5 Å². The number of halogens is 1. The molecule has 1 aliphatic rings. The molecule has 0 saturated heterocycles. The molecule has 0 atom stereocenters. The smallest absolute Gasteiger partial charge is 0.162 e. The van der Waals surface area contributed by atoms with E-state index in [1.165, 1.54) is 5.56 Å². The van der Waals surface area contributed by atoms with E-state index in [0.29, 0.717) is 17.5 Å². The van der Waals surface area contributed by atoms with Crippen molar-refractivity contribution in [1.29, 1.82) is 0 Å². The van der Waals surface area contributed by atoms with Crippen LogP contribution < -0.4 is 10.1 Å².